The predicted molar refractivity (Wildman–Crippen MR) is 100 cm³/mol. The fraction of sp³-hybridized carbons (Fsp3) is 0.524. The first-order valence-electron chi connectivity index (χ1n) is 9.66. The summed E-state index contributed by atoms with van der Waals surface area (Å²) in [7, 11) is 1.67. The van der Waals surface area contributed by atoms with Gasteiger partial charge in [0, 0.05) is 31.4 Å². The van der Waals surface area contributed by atoms with Crippen LogP contribution in [0.3, 0.4) is 0 Å². The SMILES string of the molecule is COc1ccc(C2(C(=O)N3CCC[C@H](c4ncc[nH]4)C3)CCCC2)cc1. The van der Waals surface area contributed by atoms with E-state index in [1.54, 1.807) is 13.3 Å². The summed E-state index contributed by atoms with van der Waals surface area (Å²) in [5.74, 6) is 2.46. The van der Waals surface area contributed by atoms with Gasteiger partial charge in [-0.2, -0.15) is 0 Å². The molecule has 26 heavy (non-hydrogen) atoms. The Morgan fingerprint density at radius 1 is 1.23 bits per heavy atom. The van der Waals surface area contributed by atoms with Crippen molar-refractivity contribution in [3.63, 3.8) is 0 Å². The molecule has 1 atom stereocenters. The standard InChI is InChI=1S/C21H27N3O2/c1-26-18-8-6-17(7-9-18)21(10-2-3-11-21)20(25)24-14-4-5-16(15-24)19-22-12-13-23-19/h6-9,12-13,16H,2-5,10-11,14-15H2,1H3,(H,22,23)/t16-/m0/s1. The zero-order valence-corrected chi connectivity index (χ0v) is 15.4. The van der Waals surface area contributed by atoms with Gasteiger partial charge in [0.25, 0.3) is 0 Å². The van der Waals surface area contributed by atoms with Crippen LogP contribution in [0.1, 0.15) is 55.8 Å². The average Bonchev–Trinajstić information content (AvgIpc) is 3.40. The number of carbonyl (C=O) groups excluding carboxylic acids is 1. The average molecular weight is 353 g/mol. The number of rotatable bonds is 4. The molecule has 5 nitrogen and oxygen atoms in total. The quantitative estimate of drug-likeness (QED) is 0.913. The Morgan fingerprint density at radius 2 is 2.00 bits per heavy atom. The number of methoxy groups -OCH3 is 1. The summed E-state index contributed by atoms with van der Waals surface area (Å²) in [6.07, 6.45) is 9.92. The van der Waals surface area contributed by atoms with E-state index in [4.69, 9.17) is 4.74 Å². The van der Waals surface area contributed by atoms with Gasteiger partial charge in [-0.15, -0.1) is 0 Å². The van der Waals surface area contributed by atoms with Gasteiger partial charge in [0.1, 0.15) is 11.6 Å². The Labute approximate surface area is 154 Å². The summed E-state index contributed by atoms with van der Waals surface area (Å²) in [5, 5.41) is 0. The minimum Gasteiger partial charge on any atom is -0.497 e. The van der Waals surface area contributed by atoms with E-state index in [0.717, 1.165) is 68.8 Å². The molecule has 1 aromatic carbocycles. The van der Waals surface area contributed by atoms with Gasteiger partial charge in [-0.05, 0) is 43.4 Å². The largest absolute Gasteiger partial charge is 0.497 e. The van der Waals surface area contributed by atoms with Gasteiger partial charge < -0.3 is 14.6 Å². The third-order valence-corrected chi connectivity index (χ3v) is 6.12. The van der Waals surface area contributed by atoms with Crippen LogP contribution >= 0.6 is 0 Å². The number of ether oxygens (including phenoxy) is 1. The predicted octanol–water partition coefficient (Wildman–Crippen LogP) is 3.64. The van der Waals surface area contributed by atoms with Gasteiger partial charge >= 0.3 is 0 Å². The van der Waals surface area contributed by atoms with Crippen LogP contribution in [0.15, 0.2) is 36.7 Å². The summed E-state index contributed by atoms with van der Waals surface area (Å²) in [6, 6.07) is 8.11. The first-order chi connectivity index (χ1) is 12.7. The van der Waals surface area contributed by atoms with Crippen molar-refractivity contribution < 1.29 is 9.53 Å². The Kier molecular flexibility index (Phi) is 4.70. The number of amides is 1. The molecule has 0 spiro atoms. The second kappa shape index (κ2) is 7.14. The second-order valence-electron chi connectivity index (χ2n) is 7.58. The lowest BCUT2D eigenvalue weighted by Gasteiger charge is -2.39. The van der Waals surface area contributed by atoms with Crippen LogP contribution in [0.2, 0.25) is 0 Å². The fourth-order valence-corrected chi connectivity index (χ4v) is 4.70. The van der Waals surface area contributed by atoms with E-state index in [0.29, 0.717) is 11.8 Å². The maximum absolute atomic E-state index is 13.7. The summed E-state index contributed by atoms with van der Waals surface area (Å²) in [5.41, 5.74) is 0.776. The molecule has 2 aliphatic rings. The molecule has 0 bridgehead atoms. The number of carbonyl (C=O) groups is 1. The lowest BCUT2D eigenvalue weighted by Crippen LogP contribution is -2.49. The number of H-pyrrole nitrogens is 1. The molecular formula is C21H27N3O2. The molecule has 2 heterocycles. The highest BCUT2D eigenvalue weighted by molar-refractivity contribution is 5.89. The van der Waals surface area contributed by atoms with Crippen molar-refractivity contribution in [1.29, 1.82) is 0 Å². The topological polar surface area (TPSA) is 58.2 Å². The molecule has 1 N–H and O–H groups in total. The summed E-state index contributed by atoms with van der Waals surface area (Å²) >= 11 is 0. The van der Waals surface area contributed by atoms with E-state index in [9.17, 15) is 4.79 Å². The minimum absolute atomic E-state index is 0.302. The Bertz CT molecular complexity index is 733. The van der Waals surface area contributed by atoms with E-state index in [2.05, 4.69) is 27.0 Å². The number of piperidine rings is 1. The summed E-state index contributed by atoms with van der Waals surface area (Å²) in [4.78, 5) is 23.4. The van der Waals surface area contributed by atoms with Crippen LogP contribution in [0.25, 0.3) is 0 Å². The molecule has 4 rings (SSSR count). The maximum Gasteiger partial charge on any atom is 0.233 e. The van der Waals surface area contributed by atoms with Crippen molar-refractivity contribution in [2.45, 2.75) is 49.9 Å². The van der Waals surface area contributed by atoms with Gasteiger partial charge in [0.05, 0.1) is 12.5 Å². The molecule has 1 aromatic heterocycles. The highest BCUT2D eigenvalue weighted by Crippen LogP contribution is 2.44. The first-order valence-corrected chi connectivity index (χ1v) is 9.66. The molecule has 1 aliphatic carbocycles. The lowest BCUT2D eigenvalue weighted by atomic mass is 9.77. The molecular weight excluding hydrogens is 326 g/mol. The maximum atomic E-state index is 13.7. The van der Waals surface area contributed by atoms with E-state index in [1.807, 2.05) is 18.3 Å². The van der Waals surface area contributed by atoms with Crippen LogP contribution in [0.5, 0.6) is 5.75 Å². The minimum atomic E-state index is -0.364. The number of imidazole rings is 1. The normalized spacial score (nSPS) is 22.3. The van der Waals surface area contributed by atoms with Crippen molar-refractivity contribution in [1.82, 2.24) is 14.9 Å². The molecule has 1 saturated carbocycles. The number of nitrogens with one attached hydrogen (secondary N) is 1. The van der Waals surface area contributed by atoms with Crippen LogP contribution in [-0.2, 0) is 10.2 Å². The number of hydrogen-bond donors (Lipinski definition) is 1. The van der Waals surface area contributed by atoms with Crippen molar-refractivity contribution in [2.75, 3.05) is 20.2 Å². The molecule has 2 fully saturated rings. The highest BCUT2D eigenvalue weighted by atomic mass is 16.5. The molecule has 1 amide bonds. The molecule has 0 unspecified atom stereocenters. The van der Waals surface area contributed by atoms with E-state index in [1.165, 1.54) is 0 Å². The smallest absolute Gasteiger partial charge is 0.233 e. The number of likely N-dealkylation sites (tertiary alicyclic amines) is 1. The molecule has 1 aliphatic heterocycles. The van der Waals surface area contributed by atoms with E-state index in [-0.39, 0.29) is 5.41 Å². The Balaban J connectivity index is 1.58. The van der Waals surface area contributed by atoms with E-state index < -0.39 is 0 Å². The van der Waals surface area contributed by atoms with Crippen LogP contribution in [0.4, 0.5) is 0 Å². The van der Waals surface area contributed by atoms with Crippen LogP contribution in [0, 0.1) is 0 Å². The molecule has 2 aromatic rings. The Hall–Kier alpha value is -2.30. The third kappa shape index (κ3) is 3.00. The molecule has 0 radical (unpaired) electrons. The van der Waals surface area contributed by atoms with Crippen LogP contribution in [-0.4, -0.2) is 41.0 Å². The highest BCUT2D eigenvalue weighted by Gasteiger charge is 2.45. The van der Waals surface area contributed by atoms with Gasteiger partial charge in [-0.3, -0.25) is 4.79 Å². The summed E-state index contributed by atoms with van der Waals surface area (Å²) in [6.45, 7) is 1.62. The van der Waals surface area contributed by atoms with Gasteiger partial charge in [-0.25, -0.2) is 4.98 Å². The molecule has 138 valence electrons. The number of nitrogens with zero attached hydrogens (tertiary/aromatic N) is 2. The molecule has 1 saturated heterocycles. The monoisotopic (exact) mass is 353 g/mol. The van der Waals surface area contributed by atoms with Crippen molar-refractivity contribution >= 4 is 5.91 Å². The Morgan fingerprint density at radius 3 is 2.65 bits per heavy atom. The number of aromatic nitrogens is 2. The molecule has 5 heteroatoms. The van der Waals surface area contributed by atoms with Crippen molar-refractivity contribution in [3.05, 3.63) is 48.0 Å². The van der Waals surface area contributed by atoms with Gasteiger partial charge in [0.15, 0.2) is 0 Å². The third-order valence-electron chi connectivity index (χ3n) is 6.12. The lowest BCUT2D eigenvalue weighted by molar-refractivity contribution is -0.138. The van der Waals surface area contributed by atoms with Gasteiger partial charge in [0.2, 0.25) is 5.91 Å². The number of hydrogen-bond acceptors (Lipinski definition) is 3. The number of aromatic amines is 1. The van der Waals surface area contributed by atoms with Crippen molar-refractivity contribution in [2.24, 2.45) is 0 Å². The zero-order valence-electron chi connectivity index (χ0n) is 15.4. The van der Waals surface area contributed by atoms with Crippen molar-refractivity contribution in [3.8, 4) is 5.75 Å². The summed E-state index contributed by atoms with van der Waals surface area (Å²) < 4.78 is 5.29. The van der Waals surface area contributed by atoms with E-state index >= 15 is 0 Å². The van der Waals surface area contributed by atoms with Crippen LogP contribution < -0.4 is 4.74 Å². The van der Waals surface area contributed by atoms with Gasteiger partial charge in [-0.1, -0.05) is 25.0 Å². The zero-order chi connectivity index (χ0) is 18.0. The number of benzene rings is 1. The first kappa shape index (κ1) is 17.1. The fourth-order valence-electron chi connectivity index (χ4n) is 4.70. The second-order valence-corrected chi connectivity index (χ2v) is 7.58.